The summed E-state index contributed by atoms with van der Waals surface area (Å²) in [6.07, 6.45) is 1.29. The van der Waals surface area contributed by atoms with Crippen LogP contribution in [0.3, 0.4) is 0 Å². The molecular formula is C14H19N3O2. The Bertz CT molecular complexity index is 575. The molecule has 5 heteroatoms. The number of carbonyl (C=O) groups is 1. The van der Waals surface area contributed by atoms with Gasteiger partial charge >= 0.3 is 0 Å². The summed E-state index contributed by atoms with van der Waals surface area (Å²) in [5.41, 5.74) is 2.76. The summed E-state index contributed by atoms with van der Waals surface area (Å²) < 4.78 is 5.59. The molecule has 0 aliphatic rings. The number of nitrogens with one attached hydrogen (secondary N) is 1. The minimum absolute atomic E-state index is 0.134. The molecule has 1 heterocycles. The third-order valence-corrected chi connectivity index (χ3v) is 2.96. The number of carbonyl (C=O) groups excluding carboxylic acids is 1. The van der Waals surface area contributed by atoms with Gasteiger partial charge in [0.1, 0.15) is 5.52 Å². The minimum Gasteiger partial charge on any atom is -0.424 e. The highest BCUT2D eigenvalue weighted by molar-refractivity contribution is 5.78. The monoisotopic (exact) mass is 261 g/mol. The number of aryl methyl sites for hydroxylation is 1. The Morgan fingerprint density at radius 1 is 1.42 bits per heavy atom. The van der Waals surface area contributed by atoms with E-state index < -0.39 is 0 Å². The number of para-hydroxylation sites is 1. The van der Waals surface area contributed by atoms with E-state index >= 15 is 0 Å². The van der Waals surface area contributed by atoms with Crippen molar-refractivity contribution in [3.63, 3.8) is 0 Å². The number of hydrogen-bond acceptors (Lipinski definition) is 4. The zero-order chi connectivity index (χ0) is 13.8. The van der Waals surface area contributed by atoms with E-state index in [4.69, 9.17) is 4.42 Å². The van der Waals surface area contributed by atoms with Crippen LogP contribution in [0.25, 0.3) is 11.1 Å². The first-order chi connectivity index (χ1) is 9.08. The van der Waals surface area contributed by atoms with E-state index in [-0.39, 0.29) is 5.91 Å². The summed E-state index contributed by atoms with van der Waals surface area (Å²) in [6, 6.07) is 6.37. The Hall–Kier alpha value is -2.04. The van der Waals surface area contributed by atoms with Gasteiger partial charge in [0.25, 0.3) is 6.01 Å². The Labute approximate surface area is 112 Å². The summed E-state index contributed by atoms with van der Waals surface area (Å²) in [5.74, 6) is 0.134. The number of amides is 1. The van der Waals surface area contributed by atoms with Crippen molar-refractivity contribution in [2.24, 2.45) is 0 Å². The van der Waals surface area contributed by atoms with Crippen LogP contribution in [0, 0.1) is 6.92 Å². The van der Waals surface area contributed by atoms with Crippen LogP contribution >= 0.6 is 0 Å². The molecule has 0 saturated heterocycles. The first-order valence-corrected chi connectivity index (χ1v) is 6.38. The molecule has 5 nitrogen and oxygen atoms in total. The smallest absolute Gasteiger partial charge is 0.295 e. The van der Waals surface area contributed by atoms with Crippen molar-refractivity contribution in [3.05, 3.63) is 23.8 Å². The van der Waals surface area contributed by atoms with Crippen LogP contribution < -0.4 is 5.32 Å². The van der Waals surface area contributed by atoms with Gasteiger partial charge < -0.3 is 14.6 Å². The van der Waals surface area contributed by atoms with Gasteiger partial charge in [-0.2, -0.15) is 4.98 Å². The lowest BCUT2D eigenvalue weighted by atomic mass is 10.2. The quantitative estimate of drug-likeness (QED) is 0.840. The topological polar surface area (TPSA) is 58.4 Å². The number of hydrogen-bond donors (Lipinski definition) is 1. The van der Waals surface area contributed by atoms with E-state index in [1.165, 1.54) is 0 Å². The van der Waals surface area contributed by atoms with Gasteiger partial charge in [0, 0.05) is 27.1 Å². The third kappa shape index (κ3) is 3.24. The maximum atomic E-state index is 11.4. The van der Waals surface area contributed by atoms with Gasteiger partial charge in [0.05, 0.1) is 0 Å². The SMILES string of the molecule is Cc1cccc2oc(NCCCC(=O)N(C)C)nc12. The zero-order valence-corrected chi connectivity index (χ0v) is 11.6. The molecule has 1 N–H and O–H groups in total. The average Bonchev–Trinajstić information content (AvgIpc) is 2.78. The molecule has 0 fully saturated rings. The standard InChI is InChI=1S/C14H19N3O2/c1-10-6-4-7-11-13(10)16-14(19-11)15-9-5-8-12(18)17(2)3/h4,6-7H,5,8-9H2,1-3H3,(H,15,16). The van der Waals surface area contributed by atoms with E-state index in [0.29, 0.717) is 19.0 Å². The molecular weight excluding hydrogens is 242 g/mol. The summed E-state index contributed by atoms with van der Waals surface area (Å²) in [7, 11) is 3.53. The lowest BCUT2D eigenvalue weighted by Gasteiger charge is -2.09. The van der Waals surface area contributed by atoms with E-state index in [0.717, 1.165) is 23.1 Å². The highest BCUT2D eigenvalue weighted by atomic mass is 16.4. The number of oxazole rings is 1. The Morgan fingerprint density at radius 2 is 2.21 bits per heavy atom. The van der Waals surface area contributed by atoms with Crippen molar-refractivity contribution < 1.29 is 9.21 Å². The van der Waals surface area contributed by atoms with E-state index in [9.17, 15) is 4.79 Å². The van der Waals surface area contributed by atoms with Crippen LogP contribution in [-0.2, 0) is 4.79 Å². The van der Waals surface area contributed by atoms with Gasteiger partial charge in [-0.25, -0.2) is 0 Å². The van der Waals surface area contributed by atoms with Crippen LogP contribution in [0.2, 0.25) is 0 Å². The second-order valence-electron chi connectivity index (χ2n) is 4.76. The van der Waals surface area contributed by atoms with Crippen LogP contribution in [0.15, 0.2) is 22.6 Å². The highest BCUT2D eigenvalue weighted by Crippen LogP contribution is 2.21. The third-order valence-electron chi connectivity index (χ3n) is 2.96. The Kier molecular flexibility index (Phi) is 4.04. The van der Waals surface area contributed by atoms with Gasteiger partial charge in [-0.3, -0.25) is 4.79 Å². The number of nitrogens with zero attached hydrogens (tertiary/aromatic N) is 2. The van der Waals surface area contributed by atoms with E-state index in [1.54, 1.807) is 19.0 Å². The fourth-order valence-electron chi connectivity index (χ4n) is 1.82. The van der Waals surface area contributed by atoms with Crippen LogP contribution in [0.5, 0.6) is 0 Å². The van der Waals surface area contributed by atoms with Crippen molar-refractivity contribution in [2.75, 3.05) is 26.0 Å². The molecule has 102 valence electrons. The number of benzene rings is 1. The Morgan fingerprint density at radius 3 is 2.89 bits per heavy atom. The molecule has 2 aromatic rings. The minimum atomic E-state index is 0.134. The molecule has 1 aromatic heterocycles. The highest BCUT2D eigenvalue weighted by Gasteiger charge is 2.07. The van der Waals surface area contributed by atoms with Crippen LogP contribution in [0.4, 0.5) is 6.01 Å². The molecule has 0 atom stereocenters. The number of aromatic nitrogens is 1. The molecule has 2 rings (SSSR count). The summed E-state index contributed by atoms with van der Waals surface area (Å²) >= 11 is 0. The first kappa shape index (κ1) is 13.4. The van der Waals surface area contributed by atoms with E-state index in [1.807, 2.05) is 25.1 Å². The molecule has 0 unspecified atom stereocenters. The largest absolute Gasteiger partial charge is 0.424 e. The summed E-state index contributed by atoms with van der Waals surface area (Å²) in [5, 5.41) is 3.11. The van der Waals surface area contributed by atoms with Gasteiger partial charge in [0.15, 0.2) is 5.58 Å². The van der Waals surface area contributed by atoms with Crippen molar-refractivity contribution in [1.29, 1.82) is 0 Å². The molecule has 0 spiro atoms. The van der Waals surface area contributed by atoms with Crippen molar-refractivity contribution in [2.45, 2.75) is 19.8 Å². The number of fused-ring (bicyclic) bond motifs is 1. The molecule has 0 aliphatic carbocycles. The molecule has 0 radical (unpaired) electrons. The van der Waals surface area contributed by atoms with Gasteiger partial charge in [0.2, 0.25) is 5.91 Å². The lowest BCUT2D eigenvalue weighted by Crippen LogP contribution is -2.22. The summed E-state index contributed by atoms with van der Waals surface area (Å²) in [4.78, 5) is 17.4. The number of anilines is 1. The van der Waals surface area contributed by atoms with Gasteiger partial charge in [-0.05, 0) is 25.0 Å². The molecule has 0 aliphatic heterocycles. The predicted octanol–water partition coefficient (Wildman–Crippen LogP) is 2.42. The normalized spacial score (nSPS) is 10.7. The fourth-order valence-corrected chi connectivity index (χ4v) is 1.82. The molecule has 1 aromatic carbocycles. The maximum absolute atomic E-state index is 11.4. The second-order valence-corrected chi connectivity index (χ2v) is 4.76. The maximum Gasteiger partial charge on any atom is 0.295 e. The molecule has 19 heavy (non-hydrogen) atoms. The van der Waals surface area contributed by atoms with Crippen LogP contribution in [-0.4, -0.2) is 36.4 Å². The molecule has 1 amide bonds. The predicted molar refractivity (Wildman–Crippen MR) is 75.2 cm³/mol. The zero-order valence-electron chi connectivity index (χ0n) is 11.6. The Balaban J connectivity index is 1.88. The summed E-state index contributed by atoms with van der Waals surface area (Å²) in [6.45, 7) is 2.68. The van der Waals surface area contributed by atoms with E-state index in [2.05, 4.69) is 10.3 Å². The number of rotatable bonds is 5. The second kappa shape index (κ2) is 5.73. The fraction of sp³-hybridized carbons (Fsp3) is 0.429. The average molecular weight is 261 g/mol. The van der Waals surface area contributed by atoms with Gasteiger partial charge in [-0.15, -0.1) is 0 Å². The lowest BCUT2D eigenvalue weighted by molar-refractivity contribution is -0.128. The van der Waals surface area contributed by atoms with Crippen molar-refractivity contribution in [3.8, 4) is 0 Å². The van der Waals surface area contributed by atoms with Crippen molar-refractivity contribution in [1.82, 2.24) is 9.88 Å². The first-order valence-electron chi connectivity index (χ1n) is 6.38. The molecule has 0 saturated carbocycles. The van der Waals surface area contributed by atoms with Gasteiger partial charge in [-0.1, -0.05) is 12.1 Å². The van der Waals surface area contributed by atoms with Crippen molar-refractivity contribution >= 4 is 23.0 Å². The van der Waals surface area contributed by atoms with Crippen LogP contribution in [0.1, 0.15) is 18.4 Å². The molecule has 0 bridgehead atoms.